The number of aryl methyl sites for hydroxylation is 1. The first-order valence-electron chi connectivity index (χ1n) is 30.1. The van der Waals surface area contributed by atoms with Crippen molar-refractivity contribution in [3.05, 3.63) is 114 Å². The molecule has 0 unspecified atom stereocenters. The number of Topliss-reactive ketones (excluding diaryl/α,β-unsaturated/α-hetero) is 1. The van der Waals surface area contributed by atoms with Gasteiger partial charge in [-0.25, -0.2) is 14.0 Å². The monoisotopic (exact) mass is 1240 g/mol. The van der Waals surface area contributed by atoms with E-state index in [1.807, 2.05) is 49.4 Å². The van der Waals surface area contributed by atoms with Crippen molar-refractivity contribution in [2.45, 2.75) is 142 Å². The quantitative estimate of drug-likeness (QED) is 0.0277. The zero-order valence-electron chi connectivity index (χ0n) is 53.6. The lowest BCUT2D eigenvalue weighted by Gasteiger charge is -2.36. The van der Waals surface area contributed by atoms with Gasteiger partial charge in [0, 0.05) is 52.8 Å². The Kier molecular flexibility index (Phi) is 26.7. The Bertz CT molecular complexity index is 3160. The molecule has 0 saturated carbocycles. The smallest absolute Gasteiger partial charge is 0.330 e. The standard InChI is InChI=1S/C67H89FN6O15/c1-14-17-24-51(62(80)70-50(34-44-26-29-45-22-18-19-23-46(45)33-44)63(81)73(11)53(40-88-66(4,5)6)61(79)69-39-57(75)71(9)16-3)72(10)58(76)41-86-49-37-47(36-48(68)38-49)54(30-27-43-28-31-55(84-12)56(35-43)85-13)89-65(83)52-25-20-21-32-74(52)64(82)60(78)67(7,8)42-87-59(77)15-2/h15,18-19,22-23,26,28-29,31,33,35-38,50-54H,2,14,16-17,20-21,24-25,27,30,32,34,39-42H2,1,3-13H3,(H,69,79)(H,70,80)/t50-,51-,52-,53-,54+/m0/s1. The van der Waals surface area contributed by atoms with Crippen LogP contribution < -0.4 is 24.8 Å². The molecule has 1 aliphatic heterocycles. The van der Waals surface area contributed by atoms with E-state index in [1.54, 1.807) is 52.9 Å². The Morgan fingerprint density at radius 3 is 2.15 bits per heavy atom. The molecule has 0 radical (unpaired) electrons. The van der Waals surface area contributed by atoms with Gasteiger partial charge in [0.1, 0.15) is 48.4 Å². The van der Waals surface area contributed by atoms with Gasteiger partial charge in [-0.3, -0.25) is 33.6 Å². The second kappa shape index (κ2) is 33.3. The van der Waals surface area contributed by atoms with Gasteiger partial charge in [-0.15, -0.1) is 0 Å². The van der Waals surface area contributed by atoms with Crippen LogP contribution in [0.15, 0.2) is 91.5 Å². The Labute approximate surface area is 521 Å². The first-order chi connectivity index (χ1) is 42.1. The molecule has 6 amide bonds. The maximum absolute atomic E-state index is 16.0. The maximum Gasteiger partial charge on any atom is 0.330 e. The minimum Gasteiger partial charge on any atom is -0.493 e. The van der Waals surface area contributed by atoms with Gasteiger partial charge in [0.25, 0.3) is 11.8 Å². The third-order valence-electron chi connectivity index (χ3n) is 15.6. The molecule has 5 atom stereocenters. The molecule has 0 bridgehead atoms. The zero-order chi connectivity index (χ0) is 65.8. The third-order valence-corrected chi connectivity index (χ3v) is 15.6. The van der Waals surface area contributed by atoms with Crippen LogP contribution in [0.1, 0.15) is 116 Å². The van der Waals surface area contributed by atoms with Crippen LogP contribution in [0.2, 0.25) is 0 Å². The largest absolute Gasteiger partial charge is 0.493 e. The number of piperidine rings is 1. The number of unbranched alkanes of at least 4 members (excludes halogenated alkanes) is 1. The van der Waals surface area contributed by atoms with E-state index in [-0.39, 0.29) is 69.0 Å². The van der Waals surface area contributed by atoms with Crippen LogP contribution in [0.25, 0.3) is 10.8 Å². The molecule has 22 heteroatoms. The minimum atomic E-state index is -1.45. The molecule has 1 aliphatic rings. The van der Waals surface area contributed by atoms with E-state index in [1.165, 1.54) is 62.9 Å². The van der Waals surface area contributed by atoms with Crippen LogP contribution in [-0.4, -0.2) is 177 Å². The number of hydrogen-bond acceptors (Lipinski definition) is 15. The number of fused-ring (bicyclic) bond motifs is 1. The molecule has 4 aromatic carbocycles. The number of benzene rings is 4. The number of carbonyl (C=O) groups excluding carboxylic acids is 9. The lowest BCUT2D eigenvalue weighted by Crippen LogP contribution is -2.59. The number of methoxy groups -OCH3 is 2. The third kappa shape index (κ3) is 20.6. The van der Waals surface area contributed by atoms with E-state index in [9.17, 15) is 43.2 Å². The Hall–Kier alpha value is -8.40. The molecular weight excluding hydrogens is 1150 g/mol. The number of nitrogens with zero attached hydrogens (tertiary/aromatic N) is 4. The fourth-order valence-electron chi connectivity index (χ4n) is 9.99. The number of ether oxygens (including phenoxy) is 6. The van der Waals surface area contributed by atoms with Gasteiger partial charge in [0.05, 0.1) is 38.4 Å². The topological polar surface area (TPSA) is 246 Å². The van der Waals surface area contributed by atoms with Crippen molar-refractivity contribution < 1.29 is 76.0 Å². The van der Waals surface area contributed by atoms with Crippen molar-refractivity contribution in [1.29, 1.82) is 0 Å². The van der Waals surface area contributed by atoms with E-state index in [2.05, 4.69) is 17.2 Å². The molecule has 4 aromatic rings. The normalized spacial score (nSPS) is 14.6. The second-order valence-electron chi connectivity index (χ2n) is 23.8. The van der Waals surface area contributed by atoms with Crippen molar-refractivity contribution in [3.8, 4) is 17.2 Å². The first kappa shape index (κ1) is 71.4. The highest BCUT2D eigenvalue weighted by Crippen LogP contribution is 2.34. The number of likely N-dealkylation sites (N-methyl/N-ethyl adjacent to an activating group) is 3. The molecule has 484 valence electrons. The van der Waals surface area contributed by atoms with E-state index in [0.717, 1.165) is 39.4 Å². The van der Waals surface area contributed by atoms with Gasteiger partial charge in [0.2, 0.25) is 29.4 Å². The number of esters is 2. The number of amides is 6. The van der Waals surface area contributed by atoms with Gasteiger partial charge in [-0.05, 0) is 132 Å². The summed E-state index contributed by atoms with van der Waals surface area (Å²) in [5.41, 5.74) is -0.613. The van der Waals surface area contributed by atoms with E-state index < -0.39 is 108 Å². The lowest BCUT2D eigenvalue weighted by molar-refractivity contribution is -0.165. The first-order valence-corrected chi connectivity index (χ1v) is 30.1. The molecule has 0 spiro atoms. The fraction of sp³-hybridized carbons (Fsp3) is 0.507. The van der Waals surface area contributed by atoms with E-state index in [4.69, 9.17) is 28.4 Å². The Balaban J connectivity index is 1.42. The SMILES string of the molecule is C=CC(=O)OCC(C)(C)C(=O)C(=O)N1CCCC[C@H]1C(=O)O[C@H](CCc1ccc(OC)c(OC)c1)c1cc(F)cc(OCC(=O)N(C)[C@@H](CCCC)C(=O)N[C@@H](Cc2ccc3ccccc3c2)C(=O)N(C)[C@@H](COC(C)(C)C)C(=O)NCC(=O)N(C)CC)c1. The molecule has 0 aliphatic carbocycles. The van der Waals surface area contributed by atoms with Crippen molar-refractivity contribution in [1.82, 2.24) is 30.2 Å². The number of rotatable bonds is 32. The predicted molar refractivity (Wildman–Crippen MR) is 332 cm³/mol. The average molecular weight is 1240 g/mol. The van der Waals surface area contributed by atoms with Crippen LogP contribution in [0.4, 0.5) is 4.39 Å². The molecule has 2 N–H and O–H groups in total. The number of ketones is 1. The summed E-state index contributed by atoms with van der Waals surface area (Å²) in [5, 5.41) is 7.41. The summed E-state index contributed by atoms with van der Waals surface area (Å²) in [6.07, 6.45) is 2.51. The molecule has 1 heterocycles. The van der Waals surface area contributed by atoms with Gasteiger partial charge in [0.15, 0.2) is 18.1 Å². The van der Waals surface area contributed by atoms with Crippen molar-refractivity contribution in [3.63, 3.8) is 0 Å². The van der Waals surface area contributed by atoms with Gasteiger partial charge in [-0.2, -0.15) is 0 Å². The predicted octanol–water partition coefficient (Wildman–Crippen LogP) is 7.28. The van der Waals surface area contributed by atoms with Crippen LogP contribution in [-0.2, 0) is 70.2 Å². The summed E-state index contributed by atoms with van der Waals surface area (Å²) < 4.78 is 50.3. The maximum atomic E-state index is 16.0. The van der Waals surface area contributed by atoms with Crippen LogP contribution in [0.5, 0.6) is 17.2 Å². The highest BCUT2D eigenvalue weighted by atomic mass is 19.1. The van der Waals surface area contributed by atoms with E-state index >= 15 is 4.39 Å². The number of halogens is 1. The fourth-order valence-corrected chi connectivity index (χ4v) is 9.99. The molecule has 5 rings (SSSR count). The molecule has 89 heavy (non-hydrogen) atoms. The highest BCUT2D eigenvalue weighted by molar-refractivity contribution is 6.38. The van der Waals surface area contributed by atoms with Gasteiger partial charge < -0.3 is 58.7 Å². The van der Waals surface area contributed by atoms with Crippen LogP contribution >= 0.6 is 0 Å². The van der Waals surface area contributed by atoms with Crippen LogP contribution in [0.3, 0.4) is 0 Å². The van der Waals surface area contributed by atoms with Gasteiger partial charge >= 0.3 is 11.9 Å². The second-order valence-corrected chi connectivity index (χ2v) is 23.8. The summed E-state index contributed by atoms with van der Waals surface area (Å²) in [6.45, 7) is 14.1. The molecule has 0 aromatic heterocycles. The summed E-state index contributed by atoms with van der Waals surface area (Å²) >= 11 is 0. The van der Waals surface area contributed by atoms with Crippen molar-refractivity contribution >= 4 is 63.9 Å². The summed E-state index contributed by atoms with van der Waals surface area (Å²) in [7, 11) is 7.43. The van der Waals surface area contributed by atoms with E-state index in [0.29, 0.717) is 49.3 Å². The molecule has 1 saturated heterocycles. The number of carbonyl (C=O) groups is 9. The van der Waals surface area contributed by atoms with Crippen molar-refractivity contribution in [2.75, 3.05) is 74.8 Å². The lowest BCUT2D eigenvalue weighted by atomic mass is 9.87. The Morgan fingerprint density at radius 1 is 0.787 bits per heavy atom. The van der Waals surface area contributed by atoms with Crippen molar-refractivity contribution in [2.24, 2.45) is 5.41 Å². The number of nitrogens with one attached hydrogen (secondary N) is 2. The number of likely N-dealkylation sites (tertiary alicyclic amines) is 1. The molecule has 21 nitrogen and oxygen atoms in total. The minimum absolute atomic E-state index is 0.0204. The zero-order valence-corrected chi connectivity index (χ0v) is 53.6. The van der Waals surface area contributed by atoms with Gasteiger partial charge in [-0.1, -0.05) is 74.9 Å². The highest BCUT2D eigenvalue weighted by Gasteiger charge is 2.43. The van der Waals surface area contributed by atoms with Crippen LogP contribution in [0, 0.1) is 11.2 Å². The summed E-state index contributed by atoms with van der Waals surface area (Å²) in [4.78, 5) is 130. The molecule has 1 fully saturated rings. The summed E-state index contributed by atoms with van der Waals surface area (Å²) in [6, 6.07) is 17.3. The molecular formula is C67H89FN6O15. The Morgan fingerprint density at radius 2 is 1.48 bits per heavy atom. The average Bonchev–Trinajstić information content (AvgIpc) is 1.46. The summed E-state index contributed by atoms with van der Waals surface area (Å²) in [5.74, 6) is -6.48. The number of hydrogen-bond donors (Lipinski definition) is 2.